The van der Waals surface area contributed by atoms with Gasteiger partial charge in [0.05, 0.1) is 6.54 Å². The third-order valence-electron chi connectivity index (χ3n) is 6.83. The monoisotopic (exact) mass is 538 g/mol. The minimum atomic E-state index is -0.815. The first kappa shape index (κ1) is 33.3. The molecule has 11 nitrogen and oxygen atoms in total. The van der Waals surface area contributed by atoms with Crippen LogP contribution in [0.5, 0.6) is 0 Å². The number of hydrogen-bond donors (Lipinski definition) is 5. The normalized spacial score (nSPS) is 17.7. The van der Waals surface area contributed by atoms with E-state index >= 15 is 0 Å². The maximum Gasteiger partial charge on any atom is 0.245 e. The van der Waals surface area contributed by atoms with Crippen LogP contribution in [-0.4, -0.2) is 79.7 Å². The minimum Gasteiger partial charge on any atom is -0.368 e. The fraction of sp³-hybridized carbons (Fsp3) is 0.815. The van der Waals surface area contributed by atoms with Crippen molar-refractivity contribution in [3.05, 3.63) is 0 Å². The van der Waals surface area contributed by atoms with Crippen LogP contribution < -0.4 is 27.0 Å². The van der Waals surface area contributed by atoms with E-state index in [1.165, 1.54) is 18.9 Å². The van der Waals surface area contributed by atoms with Gasteiger partial charge in [-0.1, -0.05) is 33.6 Å². The largest absolute Gasteiger partial charge is 0.368 e. The standard InChI is InChI=1S/C27H50N6O5/c1-18(2)14-22(31-25(36)19(3)10-7-6-8-13-30-20(4)34)26(37)32-23(15-21-11-9-12-29-16-21)27(38)33(5)17-24(28)35/h18-19,21-23,29H,6-17H2,1-5H3,(H2,28,35)(H,30,34)(H,31,36)(H,32,37)/t19-,21?,22-,23-/m0/s1. The number of carbonyl (C=O) groups is 5. The Balaban J connectivity index is 2.81. The smallest absolute Gasteiger partial charge is 0.245 e. The van der Waals surface area contributed by atoms with Gasteiger partial charge < -0.3 is 31.9 Å². The number of unbranched alkanes of at least 4 members (excludes halogenated alkanes) is 2. The van der Waals surface area contributed by atoms with Crippen molar-refractivity contribution >= 4 is 29.5 Å². The van der Waals surface area contributed by atoms with E-state index < -0.39 is 23.9 Å². The first-order valence-electron chi connectivity index (χ1n) is 14.0. The average Bonchev–Trinajstić information content (AvgIpc) is 2.84. The number of nitrogens with two attached hydrogens (primary N) is 1. The van der Waals surface area contributed by atoms with Gasteiger partial charge in [0, 0.05) is 26.4 Å². The number of nitrogens with zero attached hydrogens (tertiary/aromatic N) is 1. The number of likely N-dealkylation sites (N-methyl/N-ethyl adjacent to an activating group) is 1. The summed E-state index contributed by atoms with van der Waals surface area (Å²) >= 11 is 0. The molecule has 1 unspecified atom stereocenters. The van der Waals surface area contributed by atoms with E-state index in [1.54, 1.807) is 0 Å². The molecule has 6 N–H and O–H groups in total. The van der Waals surface area contributed by atoms with Crippen LogP contribution in [0.15, 0.2) is 0 Å². The third-order valence-corrected chi connectivity index (χ3v) is 6.83. The number of amides is 5. The molecule has 1 fully saturated rings. The number of nitrogens with one attached hydrogen (secondary N) is 4. The van der Waals surface area contributed by atoms with Gasteiger partial charge in [-0.25, -0.2) is 0 Å². The van der Waals surface area contributed by atoms with Gasteiger partial charge in [-0.2, -0.15) is 0 Å². The van der Waals surface area contributed by atoms with Gasteiger partial charge in [0.25, 0.3) is 0 Å². The van der Waals surface area contributed by atoms with E-state index in [0.29, 0.717) is 25.8 Å². The molecule has 38 heavy (non-hydrogen) atoms. The summed E-state index contributed by atoms with van der Waals surface area (Å²) in [5.41, 5.74) is 5.28. The van der Waals surface area contributed by atoms with Crippen molar-refractivity contribution in [2.75, 3.05) is 33.2 Å². The topological polar surface area (TPSA) is 163 Å². The third kappa shape index (κ3) is 13.7. The molecule has 0 aromatic heterocycles. The lowest BCUT2D eigenvalue weighted by Crippen LogP contribution is -2.56. The van der Waals surface area contributed by atoms with Crippen LogP contribution >= 0.6 is 0 Å². The van der Waals surface area contributed by atoms with Crippen LogP contribution in [0, 0.1) is 17.8 Å². The van der Waals surface area contributed by atoms with Crippen LogP contribution in [0.25, 0.3) is 0 Å². The molecular formula is C27H50N6O5. The van der Waals surface area contributed by atoms with Crippen LogP contribution in [0.3, 0.4) is 0 Å². The summed E-state index contributed by atoms with van der Waals surface area (Å²) in [5, 5.41) is 11.9. The maximum atomic E-state index is 13.4. The number of hydrogen-bond acceptors (Lipinski definition) is 6. The van der Waals surface area contributed by atoms with E-state index in [4.69, 9.17) is 5.73 Å². The molecule has 1 aliphatic heterocycles. The quantitative estimate of drug-likeness (QED) is 0.171. The lowest BCUT2D eigenvalue weighted by molar-refractivity contribution is -0.139. The second-order valence-electron chi connectivity index (χ2n) is 11.1. The van der Waals surface area contributed by atoms with Gasteiger partial charge in [-0.05, 0) is 63.5 Å². The molecule has 1 rings (SSSR count). The SMILES string of the molecule is CC(=O)NCCCCC[C@H](C)C(=O)N[C@@H](CC(C)C)C(=O)N[C@@H](CC1CCCNC1)C(=O)N(C)CC(N)=O. The van der Waals surface area contributed by atoms with E-state index in [1.807, 2.05) is 20.8 Å². The van der Waals surface area contributed by atoms with Gasteiger partial charge in [-0.3, -0.25) is 24.0 Å². The van der Waals surface area contributed by atoms with Crippen molar-refractivity contribution < 1.29 is 24.0 Å². The molecular weight excluding hydrogens is 488 g/mol. The Labute approximate surface area is 227 Å². The van der Waals surface area contributed by atoms with Gasteiger partial charge in [0.1, 0.15) is 12.1 Å². The Bertz CT molecular complexity index is 784. The van der Waals surface area contributed by atoms with E-state index in [-0.39, 0.29) is 42.0 Å². The molecule has 0 saturated carbocycles. The van der Waals surface area contributed by atoms with Crippen molar-refractivity contribution in [3.63, 3.8) is 0 Å². The summed E-state index contributed by atoms with van der Waals surface area (Å²) in [6.45, 7) is 9.35. The van der Waals surface area contributed by atoms with Crippen LogP contribution in [0.4, 0.5) is 0 Å². The Morgan fingerprint density at radius 1 is 1.00 bits per heavy atom. The summed E-state index contributed by atoms with van der Waals surface area (Å²) < 4.78 is 0. The highest BCUT2D eigenvalue weighted by atomic mass is 16.2. The zero-order valence-electron chi connectivity index (χ0n) is 23.9. The van der Waals surface area contributed by atoms with Gasteiger partial charge in [-0.15, -0.1) is 0 Å². The predicted molar refractivity (Wildman–Crippen MR) is 147 cm³/mol. The highest BCUT2D eigenvalue weighted by molar-refractivity contribution is 5.93. The summed E-state index contributed by atoms with van der Waals surface area (Å²) in [6.07, 6.45) is 6.08. The first-order valence-corrected chi connectivity index (χ1v) is 14.0. The lowest BCUT2D eigenvalue weighted by Gasteiger charge is -2.31. The fourth-order valence-corrected chi connectivity index (χ4v) is 4.69. The molecule has 0 bridgehead atoms. The van der Waals surface area contributed by atoms with Crippen molar-refractivity contribution in [2.45, 2.75) is 91.1 Å². The van der Waals surface area contributed by atoms with Crippen LogP contribution in [-0.2, 0) is 24.0 Å². The molecule has 11 heteroatoms. The Morgan fingerprint density at radius 3 is 2.26 bits per heavy atom. The molecule has 0 radical (unpaired) electrons. The molecule has 0 spiro atoms. The second kappa shape index (κ2) is 17.8. The Morgan fingerprint density at radius 2 is 1.68 bits per heavy atom. The summed E-state index contributed by atoms with van der Waals surface area (Å²) in [6, 6.07) is -1.59. The van der Waals surface area contributed by atoms with Gasteiger partial charge >= 0.3 is 0 Å². The molecule has 4 atom stereocenters. The van der Waals surface area contributed by atoms with E-state index in [2.05, 4.69) is 21.3 Å². The average molecular weight is 539 g/mol. The molecule has 218 valence electrons. The number of piperidine rings is 1. The number of primary amides is 1. The molecule has 0 aromatic rings. The first-order chi connectivity index (χ1) is 17.9. The Hall–Kier alpha value is -2.69. The highest BCUT2D eigenvalue weighted by Gasteiger charge is 2.32. The van der Waals surface area contributed by atoms with Crippen LogP contribution in [0.2, 0.25) is 0 Å². The molecule has 1 aliphatic rings. The zero-order chi connectivity index (χ0) is 28.7. The van der Waals surface area contributed by atoms with Crippen molar-refractivity contribution in [3.8, 4) is 0 Å². The lowest BCUT2D eigenvalue weighted by atomic mass is 9.91. The second-order valence-corrected chi connectivity index (χ2v) is 11.1. The molecule has 1 saturated heterocycles. The zero-order valence-corrected chi connectivity index (χ0v) is 23.9. The fourth-order valence-electron chi connectivity index (χ4n) is 4.69. The van der Waals surface area contributed by atoms with Crippen molar-refractivity contribution in [1.29, 1.82) is 0 Å². The van der Waals surface area contributed by atoms with E-state index in [9.17, 15) is 24.0 Å². The summed E-state index contributed by atoms with van der Waals surface area (Å²) in [7, 11) is 1.50. The molecule has 1 heterocycles. The number of rotatable bonds is 17. The Kier molecular flexibility index (Phi) is 15.6. The predicted octanol–water partition coefficient (Wildman–Crippen LogP) is 0.668. The molecule has 0 aromatic carbocycles. The highest BCUT2D eigenvalue weighted by Crippen LogP contribution is 2.18. The van der Waals surface area contributed by atoms with Gasteiger partial charge in [0.15, 0.2) is 0 Å². The van der Waals surface area contributed by atoms with Gasteiger partial charge in [0.2, 0.25) is 29.5 Å². The van der Waals surface area contributed by atoms with Crippen LogP contribution in [0.1, 0.15) is 79.1 Å². The van der Waals surface area contributed by atoms with E-state index in [0.717, 1.165) is 45.2 Å². The summed E-state index contributed by atoms with van der Waals surface area (Å²) in [4.78, 5) is 63.1. The van der Waals surface area contributed by atoms with Crippen molar-refractivity contribution in [1.82, 2.24) is 26.2 Å². The maximum absolute atomic E-state index is 13.4. The number of carbonyl (C=O) groups excluding carboxylic acids is 5. The van der Waals surface area contributed by atoms with Crippen molar-refractivity contribution in [2.24, 2.45) is 23.5 Å². The molecule has 5 amide bonds. The summed E-state index contributed by atoms with van der Waals surface area (Å²) in [5.74, 6) is -1.56. The minimum absolute atomic E-state index is 0.0499. The molecule has 0 aliphatic carbocycles.